The van der Waals surface area contributed by atoms with Crippen LogP contribution >= 0.6 is 0 Å². The summed E-state index contributed by atoms with van der Waals surface area (Å²) in [6, 6.07) is 5.34. The molecule has 1 aliphatic rings. The van der Waals surface area contributed by atoms with Crippen LogP contribution in [0, 0.1) is 17.2 Å². The third kappa shape index (κ3) is 4.19. The Balaban J connectivity index is 2.07. The Bertz CT molecular complexity index is 547. The molecule has 0 spiro atoms. The SMILES string of the molecule is C[C@H]1CC(C)(C)C[C@@](CO)(NC(=O)Nc2cccc(F)c2)C1. The first-order valence-corrected chi connectivity index (χ1v) is 7.69. The van der Waals surface area contributed by atoms with Crippen LogP contribution < -0.4 is 10.6 Å². The van der Waals surface area contributed by atoms with Gasteiger partial charge in [0.1, 0.15) is 5.82 Å². The number of amides is 2. The smallest absolute Gasteiger partial charge is 0.319 e. The molecule has 0 unspecified atom stereocenters. The van der Waals surface area contributed by atoms with E-state index in [-0.39, 0.29) is 12.0 Å². The molecule has 2 rings (SSSR count). The summed E-state index contributed by atoms with van der Waals surface area (Å²) in [4.78, 5) is 12.2. The first-order valence-electron chi connectivity index (χ1n) is 7.69. The minimum atomic E-state index is -0.626. The second-order valence-electron chi connectivity index (χ2n) is 7.38. The highest BCUT2D eigenvalue weighted by Gasteiger charge is 2.43. The van der Waals surface area contributed by atoms with Gasteiger partial charge in [0.25, 0.3) is 0 Å². The molecule has 1 aliphatic carbocycles. The molecule has 0 saturated heterocycles. The molecule has 5 heteroatoms. The normalized spacial score (nSPS) is 27.2. The van der Waals surface area contributed by atoms with E-state index in [1.54, 1.807) is 12.1 Å². The molecule has 1 aromatic rings. The number of carbonyl (C=O) groups is 1. The van der Waals surface area contributed by atoms with Crippen molar-refractivity contribution in [2.75, 3.05) is 11.9 Å². The summed E-state index contributed by atoms with van der Waals surface area (Å²) in [5, 5.41) is 15.4. The van der Waals surface area contributed by atoms with Gasteiger partial charge in [-0.1, -0.05) is 26.8 Å². The number of rotatable bonds is 3. The maximum atomic E-state index is 13.2. The maximum absolute atomic E-state index is 13.2. The van der Waals surface area contributed by atoms with E-state index in [0.29, 0.717) is 11.6 Å². The highest BCUT2D eigenvalue weighted by molar-refractivity contribution is 5.89. The fraction of sp³-hybridized carbons (Fsp3) is 0.588. The first-order chi connectivity index (χ1) is 10.2. The number of aliphatic hydroxyl groups excluding tert-OH is 1. The molecule has 0 bridgehead atoms. The number of urea groups is 1. The van der Waals surface area contributed by atoms with Gasteiger partial charge in [-0.15, -0.1) is 0 Å². The van der Waals surface area contributed by atoms with E-state index in [0.717, 1.165) is 19.3 Å². The molecule has 3 N–H and O–H groups in total. The Labute approximate surface area is 131 Å². The maximum Gasteiger partial charge on any atom is 0.319 e. The molecule has 1 aromatic carbocycles. The molecule has 2 amide bonds. The topological polar surface area (TPSA) is 61.4 Å². The van der Waals surface area contributed by atoms with Gasteiger partial charge in [0.2, 0.25) is 0 Å². The van der Waals surface area contributed by atoms with Crippen molar-refractivity contribution in [2.24, 2.45) is 11.3 Å². The van der Waals surface area contributed by atoms with Crippen LogP contribution in [0.25, 0.3) is 0 Å². The van der Waals surface area contributed by atoms with Crippen molar-refractivity contribution in [3.05, 3.63) is 30.1 Å². The molecular formula is C17H25FN2O2. The molecule has 2 atom stereocenters. The van der Waals surface area contributed by atoms with Crippen molar-refractivity contribution in [3.63, 3.8) is 0 Å². The van der Waals surface area contributed by atoms with Crippen LogP contribution in [0.1, 0.15) is 40.0 Å². The van der Waals surface area contributed by atoms with E-state index in [9.17, 15) is 14.3 Å². The lowest BCUT2D eigenvalue weighted by atomic mass is 9.64. The number of benzene rings is 1. The van der Waals surface area contributed by atoms with E-state index in [1.165, 1.54) is 12.1 Å². The van der Waals surface area contributed by atoms with Crippen LogP contribution in [0.2, 0.25) is 0 Å². The van der Waals surface area contributed by atoms with Gasteiger partial charge >= 0.3 is 6.03 Å². The zero-order valence-corrected chi connectivity index (χ0v) is 13.4. The van der Waals surface area contributed by atoms with E-state index in [1.807, 2.05) is 0 Å². The second-order valence-corrected chi connectivity index (χ2v) is 7.38. The third-order valence-electron chi connectivity index (χ3n) is 4.22. The van der Waals surface area contributed by atoms with Gasteiger partial charge in [-0.05, 0) is 48.8 Å². The molecule has 1 saturated carbocycles. The van der Waals surface area contributed by atoms with Gasteiger partial charge in [0.15, 0.2) is 0 Å². The van der Waals surface area contributed by atoms with Gasteiger partial charge in [0.05, 0.1) is 12.1 Å². The second kappa shape index (κ2) is 6.24. The van der Waals surface area contributed by atoms with Crippen LogP contribution in [-0.4, -0.2) is 23.3 Å². The molecule has 22 heavy (non-hydrogen) atoms. The van der Waals surface area contributed by atoms with E-state index in [4.69, 9.17) is 0 Å². The van der Waals surface area contributed by atoms with Crippen molar-refractivity contribution >= 4 is 11.7 Å². The molecule has 0 aromatic heterocycles. The number of hydrogen-bond acceptors (Lipinski definition) is 2. The van der Waals surface area contributed by atoms with Crippen LogP contribution in [0.5, 0.6) is 0 Å². The Kier molecular flexibility index (Phi) is 4.75. The number of aliphatic hydroxyl groups is 1. The van der Waals surface area contributed by atoms with Crippen molar-refractivity contribution in [3.8, 4) is 0 Å². The summed E-state index contributed by atoms with van der Waals surface area (Å²) in [6.07, 6.45) is 2.53. The largest absolute Gasteiger partial charge is 0.394 e. The Morgan fingerprint density at radius 1 is 1.41 bits per heavy atom. The van der Waals surface area contributed by atoms with Crippen LogP contribution in [-0.2, 0) is 0 Å². The quantitative estimate of drug-likeness (QED) is 0.800. The average Bonchev–Trinajstić information content (AvgIpc) is 2.35. The summed E-state index contributed by atoms with van der Waals surface area (Å²) < 4.78 is 13.2. The highest BCUT2D eigenvalue weighted by Crippen LogP contribution is 2.43. The fourth-order valence-corrected chi connectivity index (χ4v) is 3.97. The Morgan fingerprint density at radius 3 is 2.73 bits per heavy atom. The zero-order chi connectivity index (χ0) is 16.4. The lowest BCUT2D eigenvalue weighted by Crippen LogP contribution is -2.58. The third-order valence-corrected chi connectivity index (χ3v) is 4.22. The summed E-state index contributed by atoms with van der Waals surface area (Å²) in [6.45, 7) is 6.34. The minimum Gasteiger partial charge on any atom is -0.394 e. The van der Waals surface area contributed by atoms with Gasteiger partial charge in [0, 0.05) is 5.69 Å². The summed E-state index contributed by atoms with van der Waals surface area (Å²) in [5.41, 5.74) is -0.167. The molecule has 122 valence electrons. The summed E-state index contributed by atoms with van der Waals surface area (Å²) in [5.74, 6) is 0.0208. The van der Waals surface area contributed by atoms with Crippen molar-refractivity contribution < 1.29 is 14.3 Å². The minimum absolute atomic E-state index is 0.0620. The van der Waals surface area contributed by atoms with E-state index in [2.05, 4.69) is 31.4 Å². The number of carbonyl (C=O) groups excluding carboxylic acids is 1. The number of anilines is 1. The van der Waals surface area contributed by atoms with Gasteiger partial charge in [-0.2, -0.15) is 0 Å². The highest BCUT2D eigenvalue weighted by atomic mass is 19.1. The number of nitrogens with one attached hydrogen (secondary N) is 2. The monoisotopic (exact) mass is 308 g/mol. The van der Waals surface area contributed by atoms with Crippen molar-refractivity contribution in [1.29, 1.82) is 0 Å². The predicted octanol–water partition coefficient (Wildman–Crippen LogP) is 3.52. The average molecular weight is 308 g/mol. The zero-order valence-electron chi connectivity index (χ0n) is 13.4. The van der Waals surface area contributed by atoms with Crippen molar-refractivity contribution in [1.82, 2.24) is 5.32 Å². The standard InChI is InChI=1S/C17H25FN2O2/c1-12-8-16(2,3)10-17(9-12,11-21)20-15(22)19-14-6-4-5-13(18)7-14/h4-7,12,21H,8-11H2,1-3H3,(H2,19,20,22)/t12-,17-/m0/s1. The Morgan fingerprint density at radius 2 is 2.14 bits per heavy atom. The molecule has 4 nitrogen and oxygen atoms in total. The predicted molar refractivity (Wildman–Crippen MR) is 85.2 cm³/mol. The van der Waals surface area contributed by atoms with Gasteiger partial charge in [-0.25, -0.2) is 9.18 Å². The van der Waals surface area contributed by atoms with Crippen LogP contribution in [0.15, 0.2) is 24.3 Å². The molecule has 0 aliphatic heterocycles. The molecular weight excluding hydrogens is 283 g/mol. The van der Waals surface area contributed by atoms with Crippen LogP contribution in [0.4, 0.5) is 14.9 Å². The lowest BCUT2D eigenvalue weighted by Gasteiger charge is -2.47. The lowest BCUT2D eigenvalue weighted by molar-refractivity contribution is 0.0446. The summed E-state index contributed by atoms with van der Waals surface area (Å²) >= 11 is 0. The van der Waals surface area contributed by atoms with Gasteiger partial charge < -0.3 is 15.7 Å². The number of halogens is 1. The molecule has 0 radical (unpaired) electrons. The fourth-order valence-electron chi connectivity index (χ4n) is 3.97. The number of hydrogen-bond donors (Lipinski definition) is 3. The summed E-state index contributed by atoms with van der Waals surface area (Å²) in [7, 11) is 0. The van der Waals surface area contributed by atoms with E-state index < -0.39 is 17.4 Å². The first kappa shape index (κ1) is 16.7. The van der Waals surface area contributed by atoms with Crippen molar-refractivity contribution in [2.45, 2.75) is 45.6 Å². The Hall–Kier alpha value is -1.62. The van der Waals surface area contributed by atoms with Crippen LogP contribution in [0.3, 0.4) is 0 Å². The molecule has 0 heterocycles. The molecule has 1 fully saturated rings. The van der Waals surface area contributed by atoms with E-state index >= 15 is 0 Å². The van der Waals surface area contributed by atoms with Gasteiger partial charge in [-0.3, -0.25) is 0 Å².